The van der Waals surface area contributed by atoms with E-state index in [-0.39, 0.29) is 30.2 Å². The number of rotatable bonds is 10. The number of anilines is 2. The molecule has 1 heterocycles. The number of ketones is 1. The standard InChI is InChI=1S/C26H27N3O6/c1-3-12-29(15-17-4-9-21-20(14-17)23(30)13-16(2)27-21)19-7-5-18(6-8-19)25(33)28-22(26(34)35)10-11-24(31)32/h1,4-9,14,16,22,27H,10-13,15H2,2H3,(H,28,33)(H,31,32)(H,34,35)/t16?,22-/m0/s1. The van der Waals surface area contributed by atoms with Gasteiger partial charge in [0.1, 0.15) is 6.04 Å². The molecule has 0 aromatic heterocycles. The Balaban J connectivity index is 1.72. The molecule has 2 atom stereocenters. The van der Waals surface area contributed by atoms with Crippen molar-refractivity contribution in [1.29, 1.82) is 0 Å². The van der Waals surface area contributed by atoms with Gasteiger partial charge in [-0.15, -0.1) is 6.42 Å². The average molecular weight is 478 g/mol. The second kappa shape index (κ2) is 11.2. The molecule has 0 spiro atoms. The Morgan fingerprint density at radius 3 is 2.54 bits per heavy atom. The molecule has 1 unspecified atom stereocenters. The zero-order valence-electron chi connectivity index (χ0n) is 19.3. The molecule has 9 heteroatoms. The Bertz CT molecular complexity index is 1170. The molecule has 0 fully saturated rings. The van der Waals surface area contributed by atoms with E-state index >= 15 is 0 Å². The second-order valence-electron chi connectivity index (χ2n) is 8.46. The highest BCUT2D eigenvalue weighted by atomic mass is 16.4. The summed E-state index contributed by atoms with van der Waals surface area (Å²) in [6, 6.07) is 11.0. The number of carbonyl (C=O) groups excluding carboxylic acids is 2. The van der Waals surface area contributed by atoms with Crippen molar-refractivity contribution in [2.75, 3.05) is 16.8 Å². The number of fused-ring (bicyclic) bond motifs is 1. The second-order valence-corrected chi connectivity index (χ2v) is 8.46. The number of benzene rings is 2. The normalized spacial score (nSPS) is 15.2. The van der Waals surface area contributed by atoms with Gasteiger partial charge in [-0.3, -0.25) is 14.4 Å². The lowest BCUT2D eigenvalue weighted by molar-refractivity contribution is -0.140. The number of carbonyl (C=O) groups is 4. The summed E-state index contributed by atoms with van der Waals surface area (Å²) in [5.74, 6) is -0.351. The highest BCUT2D eigenvalue weighted by Crippen LogP contribution is 2.27. The summed E-state index contributed by atoms with van der Waals surface area (Å²) >= 11 is 0. The maximum Gasteiger partial charge on any atom is 0.326 e. The minimum Gasteiger partial charge on any atom is -0.481 e. The molecule has 2 aromatic rings. The van der Waals surface area contributed by atoms with Crippen molar-refractivity contribution in [2.24, 2.45) is 0 Å². The summed E-state index contributed by atoms with van der Waals surface area (Å²) in [5, 5.41) is 23.7. The van der Waals surface area contributed by atoms with E-state index in [1.54, 1.807) is 24.3 Å². The van der Waals surface area contributed by atoms with Crippen LogP contribution in [0.2, 0.25) is 0 Å². The minimum atomic E-state index is -1.31. The third kappa shape index (κ3) is 6.60. The lowest BCUT2D eigenvalue weighted by atomic mass is 9.95. The van der Waals surface area contributed by atoms with Crippen LogP contribution in [0.1, 0.15) is 52.5 Å². The van der Waals surface area contributed by atoms with Crippen LogP contribution in [0.25, 0.3) is 0 Å². The molecule has 0 radical (unpaired) electrons. The van der Waals surface area contributed by atoms with E-state index in [0.717, 1.165) is 16.9 Å². The fourth-order valence-corrected chi connectivity index (χ4v) is 3.91. The number of Topliss-reactive ketones (excluding diaryl/α,β-unsaturated/α-hetero) is 1. The van der Waals surface area contributed by atoms with E-state index in [9.17, 15) is 24.3 Å². The topological polar surface area (TPSA) is 136 Å². The Morgan fingerprint density at radius 2 is 1.91 bits per heavy atom. The van der Waals surface area contributed by atoms with Crippen LogP contribution in [0.5, 0.6) is 0 Å². The zero-order chi connectivity index (χ0) is 25.5. The molecular formula is C26H27N3O6. The lowest BCUT2D eigenvalue weighted by Crippen LogP contribution is -2.41. The molecule has 0 aliphatic carbocycles. The Labute approximate surface area is 203 Å². The summed E-state index contributed by atoms with van der Waals surface area (Å²) in [7, 11) is 0. The van der Waals surface area contributed by atoms with Crippen molar-refractivity contribution in [2.45, 2.75) is 44.8 Å². The van der Waals surface area contributed by atoms with Gasteiger partial charge in [0, 0.05) is 47.9 Å². The van der Waals surface area contributed by atoms with Crippen LogP contribution in [-0.4, -0.2) is 52.5 Å². The first-order valence-corrected chi connectivity index (χ1v) is 11.1. The Kier molecular flexibility index (Phi) is 8.10. The molecular weight excluding hydrogens is 450 g/mol. The van der Waals surface area contributed by atoms with Gasteiger partial charge in [-0.1, -0.05) is 12.0 Å². The number of carboxylic acid groups (broad SMARTS) is 2. The predicted molar refractivity (Wildman–Crippen MR) is 131 cm³/mol. The summed E-state index contributed by atoms with van der Waals surface area (Å²) in [6.45, 7) is 2.70. The van der Waals surface area contributed by atoms with Crippen molar-refractivity contribution >= 4 is 35.0 Å². The molecule has 1 aliphatic heterocycles. The Morgan fingerprint density at radius 1 is 1.20 bits per heavy atom. The van der Waals surface area contributed by atoms with Gasteiger partial charge in [0.25, 0.3) is 5.91 Å². The van der Waals surface area contributed by atoms with Gasteiger partial charge in [-0.05, 0) is 55.3 Å². The van der Waals surface area contributed by atoms with Crippen molar-refractivity contribution in [3.05, 3.63) is 59.2 Å². The number of amides is 1. The molecule has 35 heavy (non-hydrogen) atoms. The predicted octanol–water partition coefficient (Wildman–Crippen LogP) is 2.76. The fourth-order valence-electron chi connectivity index (χ4n) is 3.91. The molecule has 9 nitrogen and oxygen atoms in total. The quantitative estimate of drug-likeness (QED) is 0.384. The zero-order valence-corrected chi connectivity index (χ0v) is 19.3. The first-order chi connectivity index (χ1) is 16.7. The van der Waals surface area contributed by atoms with Crippen LogP contribution in [-0.2, 0) is 16.1 Å². The smallest absolute Gasteiger partial charge is 0.326 e. The lowest BCUT2D eigenvalue weighted by Gasteiger charge is -2.26. The van der Waals surface area contributed by atoms with Crippen LogP contribution in [0.15, 0.2) is 42.5 Å². The van der Waals surface area contributed by atoms with Crippen LogP contribution < -0.4 is 15.5 Å². The molecule has 3 rings (SSSR count). The van der Waals surface area contributed by atoms with Gasteiger partial charge in [-0.25, -0.2) is 4.79 Å². The van der Waals surface area contributed by atoms with Gasteiger partial charge >= 0.3 is 11.9 Å². The van der Waals surface area contributed by atoms with Crippen LogP contribution >= 0.6 is 0 Å². The van der Waals surface area contributed by atoms with Gasteiger partial charge in [-0.2, -0.15) is 0 Å². The van der Waals surface area contributed by atoms with Crippen molar-refractivity contribution < 1.29 is 29.4 Å². The van der Waals surface area contributed by atoms with E-state index in [1.807, 2.05) is 30.0 Å². The summed E-state index contributed by atoms with van der Waals surface area (Å²) in [5.41, 5.74) is 3.36. The molecule has 182 valence electrons. The van der Waals surface area contributed by atoms with Gasteiger partial charge < -0.3 is 25.7 Å². The molecule has 2 aromatic carbocycles. The maximum atomic E-state index is 12.5. The van der Waals surface area contributed by atoms with Crippen LogP contribution in [0.4, 0.5) is 11.4 Å². The van der Waals surface area contributed by atoms with E-state index < -0.39 is 23.9 Å². The third-order valence-electron chi connectivity index (χ3n) is 5.68. The van der Waals surface area contributed by atoms with E-state index in [4.69, 9.17) is 11.5 Å². The highest BCUT2D eigenvalue weighted by Gasteiger charge is 2.23. The highest BCUT2D eigenvalue weighted by molar-refractivity contribution is 6.03. The van der Waals surface area contributed by atoms with E-state index in [1.165, 1.54) is 0 Å². The number of aliphatic carboxylic acids is 2. The summed E-state index contributed by atoms with van der Waals surface area (Å²) in [4.78, 5) is 48.9. The summed E-state index contributed by atoms with van der Waals surface area (Å²) < 4.78 is 0. The maximum absolute atomic E-state index is 12.5. The summed E-state index contributed by atoms with van der Waals surface area (Å²) in [6.07, 6.45) is 5.41. The third-order valence-corrected chi connectivity index (χ3v) is 5.68. The number of nitrogens with zero attached hydrogens (tertiary/aromatic N) is 1. The van der Waals surface area contributed by atoms with Crippen molar-refractivity contribution in [3.63, 3.8) is 0 Å². The molecule has 0 bridgehead atoms. The average Bonchev–Trinajstić information content (AvgIpc) is 2.81. The van der Waals surface area contributed by atoms with Crippen LogP contribution in [0.3, 0.4) is 0 Å². The largest absolute Gasteiger partial charge is 0.481 e. The molecule has 0 saturated heterocycles. The number of terminal acetylenes is 1. The number of carboxylic acids is 2. The first-order valence-electron chi connectivity index (χ1n) is 11.1. The number of hydrogen-bond acceptors (Lipinski definition) is 6. The van der Waals surface area contributed by atoms with Gasteiger partial charge in [0.2, 0.25) is 0 Å². The van der Waals surface area contributed by atoms with Crippen molar-refractivity contribution in [1.82, 2.24) is 5.32 Å². The van der Waals surface area contributed by atoms with Gasteiger partial charge in [0.15, 0.2) is 5.78 Å². The monoisotopic (exact) mass is 477 g/mol. The number of hydrogen-bond donors (Lipinski definition) is 4. The molecule has 1 aliphatic rings. The number of nitrogens with one attached hydrogen (secondary N) is 2. The molecule has 4 N–H and O–H groups in total. The van der Waals surface area contributed by atoms with E-state index in [2.05, 4.69) is 16.6 Å². The fraction of sp³-hybridized carbons (Fsp3) is 0.308. The molecule has 0 saturated carbocycles. The minimum absolute atomic E-state index is 0.0926. The first kappa shape index (κ1) is 25.3. The van der Waals surface area contributed by atoms with Gasteiger partial charge in [0.05, 0.1) is 6.54 Å². The van der Waals surface area contributed by atoms with E-state index in [0.29, 0.717) is 25.1 Å². The van der Waals surface area contributed by atoms with Crippen molar-refractivity contribution in [3.8, 4) is 12.3 Å². The van der Waals surface area contributed by atoms with Crippen LogP contribution in [0, 0.1) is 12.3 Å². The Hall–Kier alpha value is -4.32. The SMILES string of the molecule is C#CCN(Cc1ccc2c(c1)C(=O)CC(C)N2)c1ccc(C(=O)N[C@@H](CCC(=O)O)C(=O)O)cc1. The molecule has 1 amide bonds.